The summed E-state index contributed by atoms with van der Waals surface area (Å²) >= 11 is 0. The van der Waals surface area contributed by atoms with E-state index in [4.69, 9.17) is 0 Å². The number of aromatic nitrogens is 3. The topological polar surface area (TPSA) is 20.8 Å². The maximum absolute atomic E-state index is 10.3. The van der Waals surface area contributed by atoms with Gasteiger partial charge in [0, 0.05) is 99.5 Å². The molecule has 2 aliphatic heterocycles. The molecule has 22 rings (SSSR count). The third-order valence-corrected chi connectivity index (χ3v) is 25.6. The highest BCUT2D eigenvalue weighted by Gasteiger charge is 2.46. The molecule has 6 heterocycles. The summed E-state index contributed by atoms with van der Waals surface area (Å²) in [4.78, 5) is 5.03. The monoisotopic (exact) mass is 1520 g/mol. The minimum atomic E-state index is -0.510. The van der Waals surface area contributed by atoms with Crippen LogP contribution in [0.15, 0.2) is 340 Å². The summed E-state index contributed by atoms with van der Waals surface area (Å²) in [6.45, 7) is 27.0. The van der Waals surface area contributed by atoms with E-state index in [0.717, 1.165) is 161 Å². The number of nitrogens with zero attached hydrogens (tertiary/aromatic N) is 5. The van der Waals surface area contributed by atoms with Gasteiger partial charge in [0.1, 0.15) is 0 Å². The van der Waals surface area contributed by atoms with Crippen molar-refractivity contribution in [2.24, 2.45) is 0 Å². The Morgan fingerprint density at radius 2 is 0.602 bits per heavy atom. The highest BCUT2D eigenvalue weighted by Crippen LogP contribution is 2.56. The summed E-state index contributed by atoms with van der Waals surface area (Å²) < 4.78 is 56.7. The van der Waals surface area contributed by atoms with E-state index in [-0.39, 0.29) is 39.3 Å². The molecule has 0 aliphatic carbocycles. The molecule has 568 valence electrons. The number of hydrogen-bond acceptors (Lipinski definition) is 2. The molecule has 16 aromatic carbocycles. The van der Waals surface area contributed by atoms with Crippen LogP contribution in [0.3, 0.4) is 0 Å². The Kier molecular flexibility index (Phi) is 14.5. The van der Waals surface area contributed by atoms with E-state index < -0.39 is 24.8 Å². The van der Waals surface area contributed by atoms with Gasteiger partial charge in [-0.25, -0.2) is 0 Å². The molecule has 0 unspecified atom stereocenters. The molecular formula is C112H92BN5. The van der Waals surface area contributed by atoms with Gasteiger partial charge in [-0.3, -0.25) is 0 Å². The van der Waals surface area contributed by atoms with Crippen LogP contribution in [0.4, 0.5) is 34.1 Å². The number of rotatable bonds is 9. The predicted octanol–water partition coefficient (Wildman–Crippen LogP) is 28.6. The molecule has 0 saturated heterocycles. The summed E-state index contributed by atoms with van der Waals surface area (Å²) in [5, 5.41) is 9.32. The van der Waals surface area contributed by atoms with Crippen LogP contribution < -0.4 is 26.2 Å². The SMILES string of the molecule is [2H]c1c([2H])c([2H])c(-c2cc3c4c(c2)N(c2c(-c5ccccc5)cccc2-c2cc5c6ccccc6n6c7ccccc7c(c2)c56)c2cc(-n5c6ccc(C(C)(C)C)cc6c6cc(C(C)(C)C)ccc65)ccc2B4c2ccc(-n4c5ccc(C(C)(C)C)cc5c5cc(C(C)(C)C)ccc54)cc2N3c2c(-c3ccccc3)cccc2-c2ccccc2)c([2H])c1[2H]. The van der Waals surface area contributed by atoms with Crippen LogP contribution in [0, 0.1) is 0 Å². The number of para-hydroxylation sites is 4. The Labute approximate surface area is 698 Å². The average Bonchev–Trinajstić information content (AvgIpc) is 1.28. The lowest BCUT2D eigenvalue weighted by Crippen LogP contribution is -2.61. The van der Waals surface area contributed by atoms with Gasteiger partial charge in [0.15, 0.2) is 0 Å². The van der Waals surface area contributed by atoms with Crippen molar-refractivity contribution in [3.8, 4) is 67.0 Å². The highest BCUT2D eigenvalue weighted by molar-refractivity contribution is 7.00. The van der Waals surface area contributed by atoms with Crippen LogP contribution in [0.1, 0.15) is 112 Å². The third-order valence-electron chi connectivity index (χ3n) is 25.6. The van der Waals surface area contributed by atoms with Gasteiger partial charge < -0.3 is 23.3 Å². The molecule has 0 radical (unpaired) electrons. The van der Waals surface area contributed by atoms with Gasteiger partial charge in [0.25, 0.3) is 6.71 Å². The van der Waals surface area contributed by atoms with Crippen molar-refractivity contribution < 1.29 is 6.85 Å². The van der Waals surface area contributed by atoms with Crippen LogP contribution in [0.25, 0.3) is 149 Å². The predicted molar refractivity (Wildman–Crippen MR) is 506 cm³/mol. The third kappa shape index (κ3) is 11.0. The first-order valence-corrected chi connectivity index (χ1v) is 41.6. The van der Waals surface area contributed by atoms with Gasteiger partial charge >= 0.3 is 0 Å². The number of hydrogen-bond donors (Lipinski definition) is 0. The number of anilines is 6. The second-order valence-electron chi connectivity index (χ2n) is 36.9. The summed E-state index contributed by atoms with van der Waals surface area (Å²) in [6, 6.07) is 113. The Morgan fingerprint density at radius 3 is 0.966 bits per heavy atom. The minimum Gasteiger partial charge on any atom is -0.310 e. The van der Waals surface area contributed by atoms with Crippen molar-refractivity contribution >= 4 is 139 Å². The van der Waals surface area contributed by atoms with Gasteiger partial charge in [-0.15, -0.1) is 0 Å². The summed E-state index contributed by atoms with van der Waals surface area (Å²) in [6.07, 6.45) is 0. The zero-order chi connectivity index (χ0) is 84.5. The Bertz CT molecular complexity index is 7550. The summed E-state index contributed by atoms with van der Waals surface area (Å²) in [7, 11) is 0. The van der Waals surface area contributed by atoms with Crippen molar-refractivity contribution in [2.45, 2.75) is 105 Å². The molecule has 2 aliphatic rings. The van der Waals surface area contributed by atoms with E-state index >= 15 is 0 Å². The molecule has 118 heavy (non-hydrogen) atoms. The fourth-order valence-electron chi connectivity index (χ4n) is 19.7. The van der Waals surface area contributed by atoms with Crippen LogP contribution in [0.2, 0.25) is 0 Å². The van der Waals surface area contributed by atoms with E-state index in [0.29, 0.717) is 5.56 Å². The van der Waals surface area contributed by atoms with Gasteiger partial charge in [-0.05, 0) is 203 Å². The largest absolute Gasteiger partial charge is 0.310 e. The first-order chi connectivity index (χ1) is 59.2. The molecule has 0 atom stereocenters. The molecular weight excluding hydrogens is 1430 g/mol. The van der Waals surface area contributed by atoms with E-state index in [2.05, 4.69) is 416 Å². The molecule has 0 N–H and O–H groups in total. The summed E-state index contributed by atoms with van der Waals surface area (Å²) in [5.74, 6) is 0. The Morgan fingerprint density at radius 1 is 0.254 bits per heavy atom. The Balaban J connectivity index is 0.932. The Hall–Kier alpha value is -13.4. The van der Waals surface area contributed by atoms with E-state index in [1.807, 2.05) is 0 Å². The molecule has 6 heteroatoms. The molecule has 0 fully saturated rings. The van der Waals surface area contributed by atoms with Crippen LogP contribution >= 0.6 is 0 Å². The molecule has 0 amide bonds. The van der Waals surface area contributed by atoms with Gasteiger partial charge in [-0.1, -0.05) is 313 Å². The molecule has 0 bridgehead atoms. The quantitative estimate of drug-likeness (QED) is 0.134. The lowest BCUT2D eigenvalue weighted by Gasteiger charge is -2.46. The molecule has 20 aromatic rings. The molecule has 4 aromatic heterocycles. The van der Waals surface area contributed by atoms with Crippen LogP contribution in [-0.4, -0.2) is 20.2 Å². The smallest absolute Gasteiger partial charge is 0.252 e. The maximum Gasteiger partial charge on any atom is 0.252 e. The maximum atomic E-state index is 10.3. The molecule has 0 saturated carbocycles. The highest BCUT2D eigenvalue weighted by atomic mass is 15.2. The van der Waals surface area contributed by atoms with Crippen molar-refractivity contribution in [3.05, 3.63) is 362 Å². The van der Waals surface area contributed by atoms with Crippen molar-refractivity contribution in [3.63, 3.8) is 0 Å². The zero-order valence-electron chi connectivity index (χ0n) is 73.8. The number of fused-ring (bicyclic) bond motifs is 16. The van der Waals surface area contributed by atoms with Gasteiger partial charge in [0.05, 0.1) is 56.8 Å². The standard InChI is InChI=1S/C112H92BN5/c1-109(2,3)75-47-55-97-87(63-75)88-64-76(110(4,5)6)48-56-98(88)114(97)79-51-53-93-101(67-79)117(106-81(70-33-19-14-20-34-70)41-29-42-82(106)71-35-21-15-22-36-71)103-61-73(69-31-17-13-18-32-69)62-104-105(103)113(93)94-54-52-80(115-99-57-49-77(111(7,8)9)65-89(99)90-66-78(112(10,11)12)50-58-100(90)115)68-102(94)118(104)107-83(72-37-23-16-24-38-72)43-30-44-84(107)74-59-91-85-39-25-27-45-95(85)116-96-46-28-26-40-86(96)92(60-74)108(91)116/h13-68H,1-12H3/i13D,17D,18D,31D,32D. The second-order valence-corrected chi connectivity index (χ2v) is 36.9. The van der Waals surface area contributed by atoms with Crippen LogP contribution in [-0.2, 0) is 21.7 Å². The molecule has 5 nitrogen and oxygen atoms in total. The first kappa shape index (κ1) is 65.8. The first-order valence-electron chi connectivity index (χ1n) is 44.1. The van der Waals surface area contributed by atoms with E-state index in [1.165, 1.54) is 49.3 Å². The fraction of sp³-hybridized carbons (Fsp3) is 0.143. The summed E-state index contributed by atoms with van der Waals surface area (Å²) in [5.41, 5.74) is 31.0. The van der Waals surface area contributed by atoms with Crippen LogP contribution in [0.5, 0.6) is 0 Å². The van der Waals surface area contributed by atoms with Gasteiger partial charge in [0.2, 0.25) is 0 Å². The lowest BCUT2D eigenvalue weighted by atomic mass is 9.33. The van der Waals surface area contributed by atoms with E-state index in [1.54, 1.807) is 0 Å². The normalized spacial score (nSPS) is 13.8. The van der Waals surface area contributed by atoms with Crippen molar-refractivity contribution in [1.82, 2.24) is 13.5 Å². The van der Waals surface area contributed by atoms with Crippen molar-refractivity contribution in [1.29, 1.82) is 0 Å². The average molecular weight is 1520 g/mol. The van der Waals surface area contributed by atoms with E-state index in [9.17, 15) is 6.85 Å². The van der Waals surface area contributed by atoms with Gasteiger partial charge in [-0.2, -0.15) is 0 Å². The fourth-order valence-corrected chi connectivity index (χ4v) is 19.7. The second kappa shape index (κ2) is 26.0. The lowest BCUT2D eigenvalue weighted by molar-refractivity contribution is 0.590. The van der Waals surface area contributed by atoms with Crippen molar-refractivity contribution in [2.75, 3.05) is 9.80 Å². The zero-order valence-corrected chi connectivity index (χ0v) is 68.8. The molecule has 0 spiro atoms. The minimum absolute atomic E-state index is 0.0967. The number of benzene rings is 16.